The number of carbonyl (C=O) groups is 3. The molecule has 2 aliphatic rings. The molecule has 0 saturated carbocycles. The number of hydrogen-bond acceptors (Lipinski definition) is 4. The van der Waals surface area contributed by atoms with Gasteiger partial charge in [0.15, 0.2) is 0 Å². The molecule has 0 atom stereocenters. The molecule has 0 radical (unpaired) electrons. The van der Waals surface area contributed by atoms with E-state index in [2.05, 4.69) is 11.8 Å². The van der Waals surface area contributed by atoms with E-state index in [1.54, 1.807) is 19.0 Å². The molecule has 3 amide bonds. The summed E-state index contributed by atoms with van der Waals surface area (Å²) >= 11 is 0. The van der Waals surface area contributed by atoms with Crippen molar-refractivity contribution in [3.63, 3.8) is 0 Å². The van der Waals surface area contributed by atoms with Crippen LogP contribution in [0, 0.1) is 0 Å². The molecule has 2 heterocycles. The quantitative estimate of drug-likeness (QED) is 0.706. The second-order valence-electron chi connectivity index (χ2n) is 9.07. The summed E-state index contributed by atoms with van der Waals surface area (Å²) in [6.07, 6.45) is 2.00. The van der Waals surface area contributed by atoms with Gasteiger partial charge < -0.3 is 19.6 Å². The van der Waals surface area contributed by atoms with Gasteiger partial charge in [-0.05, 0) is 49.1 Å². The van der Waals surface area contributed by atoms with Crippen molar-refractivity contribution in [2.75, 3.05) is 45.3 Å². The number of piperidine rings is 1. The average Bonchev–Trinajstić information content (AvgIpc) is 3.10. The third-order valence-corrected chi connectivity index (χ3v) is 6.89. The van der Waals surface area contributed by atoms with Crippen molar-refractivity contribution >= 4 is 23.4 Å². The summed E-state index contributed by atoms with van der Waals surface area (Å²) in [4.78, 5) is 46.2. The summed E-state index contributed by atoms with van der Waals surface area (Å²) in [5, 5.41) is 0. The van der Waals surface area contributed by atoms with Gasteiger partial charge in [0.2, 0.25) is 5.91 Å². The Hall–Kier alpha value is -3.35. The molecule has 174 valence electrons. The Morgan fingerprint density at radius 1 is 0.970 bits per heavy atom. The molecule has 2 saturated heterocycles. The van der Waals surface area contributed by atoms with Crippen molar-refractivity contribution in [1.29, 1.82) is 0 Å². The van der Waals surface area contributed by atoms with Crippen molar-refractivity contribution < 1.29 is 14.4 Å². The van der Waals surface area contributed by atoms with Gasteiger partial charge in [0, 0.05) is 38.4 Å². The van der Waals surface area contributed by atoms with Gasteiger partial charge in [-0.2, -0.15) is 0 Å². The lowest BCUT2D eigenvalue weighted by molar-refractivity contribution is -0.139. The Labute approximate surface area is 195 Å². The third-order valence-electron chi connectivity index (χ3n) is 6.89. The van der Waals surface area contributed by atoms with E-state index in [-0.39, 0.29) is 24.3 Å². The molecule has 2 fully saturated rings. The van der Waals surface area contributed by atoms with E-state index in [0.717, 1.165) is 12.1 Å². The molecule has 1 spiro atoms. The highest BCUT2D eigenvalue weighted by atomic mass is 16.2. The van der Waals surface area contributed by atoms with Crippen LogP contribution < -0.4 is 4.90 Å². The molecular weight excluding hydrogens is 416 g/mol. The highest BCUT2D eigenvalue weighted by Crippen LogP contribution is 2.39. The zero-order valence-corrected chi connectivity index (χ0v) is 19.7. The van der Waals surface area contributed by atoms with E-state index in [9.17, 15) is 14.4 Å². The summed E-state index contributed by atoms with van der Waals surface area (Å²) < 4.78 is 0. The Balaban J connectivity index is 1.55. The lowest BCUT2D eigenvalue weighted by Gasteiger charge is -2.43. The largest absolute Gasteiger partial charge is 0.347 e. The maximum absolute atomic E-state index is 13.7. The van der Waals surface area contributed by atoms with Gasteiger partial charge in [-0.1, -0.05) is 37.3 Å². The standard InChI is InChI=1S/C26H32N4O3/c1-4-20-10-12-21(13-11-20)24(32)28-16-14-26(15-17-28)25(33)29(18-23(31)27(2)3)19-30(26)22-8-6-5-7-9-22/h5-13H,4,14-19H2,1-3H3. The van der Waals surface area contributed by atoms with Crippen LogP contribution in [-0.4, -0.2) is 78.4 Å². The fraction of sp³-hybridized carbons (Fsp3) is 0.423. The van der Waals surface area contributed by atoms with Crippen LogP contribution in [-0.2, 0) is 16.0 Å². The minimum atomic E-state index is -0.739. The van der Waals surface area contributed by atoms with Crippen molar-refractivity contribution in [3.05, 3.63) is 65.7 Å². The number of likely N-dealkylation sites (N-methyl/N-ethyl adjacent to an activating group) is 1. The van der Waals surface area contributed by atoms with Crippen molar-refractivity contribution in [3.8, 4) is 0 Å². The highest BCUT2D eigenvalue weighted by Gasteiger charge is 2.54. The van der Waals surface area contributed by atoms with Crippen LogP contribution in [0.3, 0.4) is 0 Å². The van der Waals surface area contributed by atoms with Crippen LogP contribution in [0.5, 0.6) is 0 Å². The molecule has 4 rings (SSSR count). The molecule has 0 unspecified atom stereocenters. The van der Waals surface area contributed by atoms with Gasteiger partial charge in [0.25, 0.3) is 11.8 Å². The predicted molar refractivity (Wildman–Crippen MR) is 128 cm³/mol. The Bertz CT molecular complexity index is 1010. The van der Waals surface area contributed by atoms with Crippen molar-refractivity contribution in [1.82, 2.24) is 14.7 Å². The molecule has 2 aliphatic heterocycles. The number of carbonyl (C=O) groups excluding carboxylic acids is 3. The van der Waals surface area contributed by atoms with Gasteiger partial charge >= 0.3 is 0 Å². The maximum Gasteiger partial charge on any atom is 0.253 e. The number of para-hydroxylation sites is 1. The van der Waals surface area contributed by atoms with Gasteiger partial charge in [0.1, 0.15) is 12.1 Å². The van der Waals surface area contributed by atoms with Crippen LogP contribution in [0.25, 0.3) is 0 Å². The minimum Gasteiger partial charge on any atom is -0.347 e. The van der Waals surface area contributed by atoms with E-state index in [1.807, 2.05) is 59.5 Å². The number of aryl methyl sites for hydroxylation is 1. The number of nitrogens with zero attached hydrogens (tertiary/aromatic N) is 4. The number of benzene rings is 2. The molecule has 7 nitrogen and oxygen atoms in total. The van der Waals surface area contributed by atoms with Gasteiger partial charge in [-0.3, -0.25) is 14.4 Å². The predicted octanol–water partition coefficient (Wildman–Crippen LogP) is 2.62. The van der Waals surface area contributed by atoms with Gasteiger partial charge in [0.05, 0.1) is 6.67 Å². The first kappa shape index (κ1) is 22.8. The second kappa shape index (κ2) is 9.25. The highest BCUT2D eigenvalue weighted by molar-refractivity contribution is 5.97. The monoisotopic (exact) mass is 448 g/mol. The Morgan fingerprint density at radius 2 is 1.61 bits per heavy atom. The van der Waals surface area contributed by atoms with Crippen molar-refractivity contribution in [2.45, 2.75) is 31.7 Å². The summed E-state index contributed by atoms with van der Waals surface area (Å²) in [5.41, 5.74) is 2.10. The van der Waals surface area contributed by atoms with Crippen LogP contribution in [0.15, 0.2) is 54.6 Å². The zero-order chi connectivity index (χ0) is 23.6. The summed E-state index contributed by atoms with van der Waals surface area (Å²) in [7, 11) is 3.40. The molecule has 2 aromatic rings. The molecule has 0 N–H and O–H groups in total. The fourth-order valence-corrected chi connectivity index (χ4v) is 4.77. The Morgan fingerprint density at radius 3 is 2.18 bits per heavy atom. The molecule has 2 aromatic carbocycles. The number of rotatable bonds is 5. The van der Waals surface area contributed by atoms with E-state index in [1.165, 1.54) is 10.5 Å². The molecular formula is C26H32N4O3. The first-order valence-electron chi connectivity index (χ1n) is 11.6. The number of hydrogen-bond donors (Lipinski definition) is 0. The topological polar surface area (TPSA) is 64.2 Å². The summed E-state index contributed by atoms with van der Waals surface area (Å²) in [5.74, 6) is -0.124. The fourth-order valence-electron chi connectivity index (χ4n) is 4.77. The lowest BCUT2D eigenvalue weighted by Crippen LogP contribution is -2.57. The first-order valence-corrected chi connectivity index (χ1v) is 11.6. The van der Waals surface area contributed by atoms with Gasteiger partial charge in [-0.25, -0.2) is 0 Å². The van der Waals surface area contributed by atoms with E-state index >= 15 is 0 Å². The van der Waals surface area contributed by atoms with E-state index in [4.69, 9.17) is 0 Å². The maximum atomic E-state index is 13.7. The molecule has 0 aromatic heterocycles. The summed E-state index contributed by atoms with van der Waals surface area (Å²) in [6.45, 7) is 3.52. The third kappa shape index (κ3) is 4.32. The van der Waals surface area contributed by atoms with Crippen LogP contribution >= 0.6 is 0 Å². The zero-order valence-electron chi connectivity index (χ0n) is 19.7. The van der Waals surface area contributed by atoms with Gasteiger partial charge in [-0.15, -0.1) is 0 Å². The van der Waals surface area contributed by atoms with E-state index < -0.39 is 5.54 Å². The normalized spacial score (nSPS) is 17.5. The number of amides is 3. The van der Waals surface area contributed by atoms with Crippen LogP contribution in [0.4, 0.5) is 5.69 Å². The first-order chi connectivity index (χ1) is 15.9. The number of likely N-dealkylation sites (tertiary alicyclic amines) is 1. The smallest absolute Gasteiger partial charge is 0.253 e. The molecule has 7 heteroatoms. The molecule has 0 aliphatic carbocycles. The second-order valence-corrected chi connectivity index (χ2v) is 9.07. The van der Waals surface area contributed by atoms with E-state index in [0.29, 0.717) is 38.2 Å². The summed E-state index contributed by atoms with van der Waals surface area (Å²) in [6, 6.07) is 17.6. The lowest BCUT2D eigenvalue weighted by atomic mass is 9.85. The molecule has 33 heavy (non-hydrogen) atoms. The number of anilines is 1. The SMILES string of the molecule is CCc1ccc(C(=O)N2CCC3(CC2)C(=O)N(CC(=O)N(C)C)CN3c2ccccc2)cc1. The van der Waals surface area contributed by atoms with Crippen molar-refractivity contribution in [2.24, 2.45) is 0 Å². The molecule has 0 bridgehead atoms. The Kier molecular flexibility index (Phi) is 6.40. The van der Waals surface area contributed by atoms with Crippen LogP contribution in [0.2, 0.25) is 0 Å². The average molecular weight is 449 g/mol. The minimum absolute atomic E-state index is 0.00357. The van der Waals surface area contributed by atoms with Crippen LogP contribution in [0.1, 0.15) is 35.7 Å².